The van der Waals surface area contributed by atoms with E-state index in [0.29, 0.717) is 6.04 Å². The highest BCUT2D eigenvalue weighted by Gasteiger charge is 2.19. The number of hydrogen-bond acceptors (Lipinski definition) is 5. The van der Waals surface area contributed by atoms with Crippen molar-refractivity contribution in [3.05, 3.63) is 43.1 Å². The minimum Gasteiger partial charge on any atom is -0.338 e. The molecular weight excluding hydrogens is 278 g/mol. The molecule has 0 aliphatic carbocycles. The first-order valence-electron chi connectivity index (χ1n) is 7.25. The molecule has 7 heteroatoms. The Kier molecular flexibility index (Phi) is 3.12. The number of pyridine rings is 1. The summed E-state index contributed by atoms with van der Waals surface area (Å²) in [6.07, 6.45) is 9.48. The second-order valence-corrected chi connectivity index (χ2v) is 5.48. The van der Waals surface area contributed by atoms with Crippen LogP contribution in [0.4, 0.5) is 11.5 Å². The second kappa shape index (κ2) is 5.27. The van der Waals surface area contributed by atoms with Crippen LogP contribution in [0.15, 0.2) is 43.1 Å². The van der Waals surface area contributed by atoms with E-state index in [1.165, 1.54) is 0 Å². The predicted octanol–water partition coefficient (Wildman–Crippen LogP) is 1.57. The van der Waals surface area contributed by atoms with Crippen LogP contribution in [0.3, 0.4) is 0 Å². The Morgan fingerprint density at radius 3 is 2.82 bits per heavy atom. The molecule has 0 saturated carbocycles. The lowest BCUT2D eigenvalue weighted by Crippen LogP contribution is -2.43. The molecule has 4 heterocycles. The molecule has 1 fully saturated rings. The zero-order chi connectivity index (χ0) is 14.9. The first kappa shape index (κ1) is 13.0. The van der Waals surface area contributed by atoms with Gasteiger partial charge in [0.05, 0.1) is 24.1 Å². The largest absolute Gasteiger partial charge is 0.338 e. The van der Waals surface area contributed by atoms with E-state index < -0.39 is 0 Å². The molecule has 1 aliphatic heterocycles. The number of aromatic nitrogens is 5. The highest BCUT2D eigenvalue weighted by molar-refractivity contribution is 5.67. The number of hydrogen-bond donors (Lipinski definition) is 2. The van der Waals surface area contributed by atoms with Gasteiger partial charge in [0.2, 0.25) is 0 Å². The third-order valence-corrected chi connectivity index (χ3v) is 3.81. The fourth-order valence-electron chi connectivity index (χ4n) is 2.46. The summed E-state index contributed by atoms with van der Waals surface area (Å²) >= 11 is 0. The predicted molar refractivity (Wildman–Crippen MR) is 83.9 cm³/mol. The maximum Gasteiger partial charge on any atom is 0.130 e. The van der Waals surface area contributed by atoms with E-state index in [1.54, 1.807) is 17.1 Å². The molecule has 0 atom stereocenters. The monoisotopic (exact) mass is 295 g/mol. The summed E-state index contributed by atoms with van der Waals surface area (Å²) in [5, 5.41) is 15.1. The van der Waals surface area contributed by atoms with Gasteiger partial charge in [-0.25, -0.2) is 4.98 Å². The van der Waals surface area contributed by atoms with Crippen molar-refractivity contribution < 1.29 is 0 Å². The van der Waals surface area contributed by atoms with Crippen LogP contribution in [0.2, 0.25) is 0 Å². The molecule has 3 aromatic heterocycles. The maximum atomic E-state index is 4.45. The average molecular weight is 295 g/mol. The van der Waals surface area contributed by atoms with Crippen molar-refractivity contribution in [1.82, 2.24) is 29.9 Å². The van der Waals surface area contributed by atoms with Gasteiger partial charge in [-0.15, -0.1) is 0 Å². The molecule has 0 unspecified atom stereocenters. The molecule has 0 aromatic carbocycles. The third kappa shape index (κ3) is 2.46. The van der Waals surface area contributed by atoms with Crippen molar-refractivity contribution >= 4 is 11.5 Å². The second-order valence-electron chi connectivity index (χ2n) is 5.48. The van der Waals surface area contributed by atoms with E-state index in [2.05, 4.69) is 32.0 Å². The summed E-state index contributed by atoms with van der Waals surface area (Å²) in [6, 6.07) is 4.49. The van der Waals surface area contributed by atoms with Gasteiger partial charge in [-0.2, -0.15) is 10.2 Å². The van der Waals surface area contributed by atoms with E-state index in [1.807, 2.05) is 36.3 Å². The standard InChI is InChI=1S/C15H17N7/c1-21-10-13(6-18-21)20-15-4-11(2-3-17-15)12-5-19-22(9-12)14-7-16-8-14/h2-6,9-10,14,16H,7-8H2,1H3,(H,17,20). The maximum absolute atomic E-state index is 4.45. The molecule has 7 nitrogen and oxygen atoms in total. The van der Waals surface area contributed by atoms with Crippen LogP contribution < -0.4 is 10.6 Å². The summed E-state index contributed by atoms with van der Waals surface area (Å²) in [6.45, 7) is 1.98. The molecule has 112 valence electrons. The topological polar surface area (TPSA) is 72.6 Å². The fourth-order valence-corrected chi connectivity index (χ4v) is 2.46. The molecule has 2 N–H and O–H groups in total. The molecule has 0 bridgehead atoms. The SMILES string of the molecule is Cn1cc(Nc2cc(-c3cnn(C4CNC4)c3)ccn2)cn1. The lowest BCUT2D eigenvalue weighted by Gasteiger charge is -2.27. The van der Waals surface area contributed by atoms with Crippen molar-refractivity contribution in [3.8, 4) is 11.1 Å². The van der Waals surface area contributed by atoms with E-state index in [4.69, 9.17) is 0 Å². The van der Waals surface area contributed by atoms with Gasteiger partial charge in [0, 0.05) is 44.3 Å². The smallest absolute Gasteiger partial charge is 0.130 e. The molecular formula is C15H17N7. The van der Waals surface area contributed by atoms with E-state index in [9.17, 15) is 0 Å². The number of rotatable bonds is 4. The molecule has 4 rings (SSSR count). The number of anilines is 2. The molecule has 1 saturated heterocycles. The van der Waals surface area contributed by atoms with Gasteiger partial charge in [0.15, 0.2) is 0 Å². The number of aryl methyl sites for hydroxylation is 1. The lowest BCUT2D eigenvalue weighted by molar-refractivity contribution is 0.318. The van der Waals surface area contributed by atoms with Crippen LogP contribution in [0.5, 0.6) is 0 Å². The lowest BCUT2D eigenvalue weighted by atomic mass is 10.1. The quantitative estimate of drug-likeness (QED) is 0.764. The van der Waals surface area contributed by atoms with Gasteiger partial charge in [-0.05, 0) is 17.7 Å². The summed E-state index contributed by atoms with van der Waals surface area (Å²) in [5.74, 6) is 0.795. The molecule has 0 spiro atoms. The van der Waals surface area contributed by atoms with Crippen LogP contribution >= 0.6 is 0 Å². The zero-order valence-electron chi connectivity index (χ0n) is 12.3. The van der Waals surface area contributed by atoms with Gasteiger partial charge >= 0.3 is 0 Å². The first-order chi connectivity index (χ1) is 10.8. The Bertz CT molecular complexity index is 785. The number of nitrogens with one attached hydrogen (secondary N) is 2. The van der Waals surface area contributed by atoms with Crippen molar-refractivity contribution in [3.63, 3.8) is 0 Å². The molecule has 3 aromatic rings. The normalized spacial score (nSPS) is 14.8. The Morgan fingerprint density at radius 1 is 1.18 bits per heavy atom. The fraction of sp³-hybridized carbons (Fsp3) is 0.267. The summed E-state index contributed by atoms with van der Waals surface area (Å²) < 4.78 is 3.78. The highest BCUT2D eigenvalue weighted by Crippen LogP contribution is 2.24. The number of nitrogens with zero attached hydrogens (tertiary/aromatic N) is 5. The zero-order valence-corrected chi connectivity index (χ0v) is 12.3. The van der Waals surface area contributed by atoms with Crippen molar-refractivity contribution in [2.24, 2.45) is 7.05 Å². The van der Waals surface area contributed by atoms with E-state index in [0.717, 1.165) is 35.7 Å². The third-order valence-electron chi connectivity index (χ3n) is 3.81. The summed E-state index contributed by atoms with van der Waals surface area (Å²) in [5.41, 5.74) is 3.12. The van der Waals surface area contributed by atoms with Crippen LogP contribution in [-0.4, -0.2) is 37.6 Å². The van der Waals surface area contributed by atoms with Gasteiger partial charge < -0.3 is 10.6 Å². The van der Waals surface area contributed by atoms with Crippen molar-refractivity contribution in [2.45, 2.75) is 6.04 Å². The van der Waals surface area contributed by atoms with Crippen molar-refractivity contribution in [1.29, 1.82) is 0 Å². The minimum absolute atomic E-state index is 0.476. The Morgan fingerprint density at radius 2 is 2.09 bits per heavy atom. The van der Waals surface area contributed by atoms with Gasteiger partial charge in [0.1, 0.15) is 5.82 Å². The summed E-state index contributed by atoms with van der Waals surface area (Å²) in [4.78, 5) is 4.35. The molecule has 0 amide bonds. The van der Waals surface area contributed by atoms with E-state index in [-0.39, 0.29) is 0 Å². The van der Waals surface area contributed by atoms with Crippen molar-refractivity contribution in [2.75, 3.05) is 18.4 Å². The Labute approximate surface area is 128 Å². The molecule has 0 radical (unpaired) electrons. The van der Waals surface area contributed by atoms with Crippen LogP contribution in [-0.2, 0) is 7.05 Å². The van der Waals surface area contributed by atoms with Crippen LogP contribution in [0, 0.1) is 0 Å². The minimum atomic E-state index is 0.476. The average Bonchev–Trinajstić information content (AvgIpc) is 3.07. The van der Waals surface area contributed by atoms with Gasteiger partial charge in [-0.1, -0.05) is 0 Å². The Hall–Kier alpha value is -2.67. The molecule has 1 aliphatic rings. The Balaban J connectivity index is 1.56. The van der Waals surface area contributed by atoms with Crippen LogP contribution in [0.25, 0.3) is 11.1 Å². The van der Waals surface area contributed by atoms with E-state index >= 15 is 0 Å². The first-order valence-corrected chi connectivity index (χ1v) is 7.25. The summed E-state index contributed by atoms with van der Waals surface area (Å²) in [7, 11) is 1.89. The van der Waals surface area contributed by atoms with Crippen LogP contribution in [0.1, 0.15) is 6.04 Å². The van der Waals surface area contributed by atoms with Gasteiger partial charge in [0.25, 0.3) is 0 Å². The van der Waals surface area contributed by atoms with Gasteiger partial charge in [-0.3, -0.25) is 9.36 Å². The highest BCUT2D eigenvalue weighted by atomic mass is 15.3. The molecule has 22 heavy (non-hydrogen) atoms.